The number of ketones is 1. The lowest BCUT2D eigenvalue weighted by molar-refractivity contribution is -0.663. The lowest BCUT2D eigenvalue weighted by Crippen LogP contribution is -2.75. The van der Waals surface area contributed by atoms with Crippen molar-refractivity contribution in [3.63, 3.8) is 0 Å². The molecule has 0 aliphatic heterocycles. The van der Waals surface area contributed by atoms with Crippen molar-refractivity contribution in [1.29, 1.82) is 0 Å². The molecule has 0 spiro atoms. The Bertz CT molecular complexity index is 2950. The highest BCUT2D eigenvalue weighted by Gasteiger charge is 2.47. The Hall–Kier alpha value is -7.42. The third-order valence-electron chi connectivity index (χ3n) is 12.1. The molecule has 0 aliphatic carbocycles. The van der Waals surface area contributed by atoms with E-state index in [0.717, 1.165) is 10.9 Å². The summed E-state index contributed by atoms with van der Waals surface area (Å²) in [5.41, 5.74) is -28.5. The molecule has 0 amide bonds. The second-order valence-electron chi connectivity index (χ2n) is 18.0. The monoisotopic (exact) mass is 1170 g/mol. The van der Waals surface area contributed by atoms with Gasteiger partial charge in [-0.05, 0) is 50.2 Å². The lowest BCUT2D eigenvalue weighted by Gasteiger charge is -2.46. The predicted molar refractivity (Wildman–Crippen MR) is 241 cm³/mol. The molecule has 7 rings (SSSR count). The Kier molecular flexibility index (Phi) is 16.7. The maximum atomic E-state index is 14.2. The summed E-state index contributed by atoms with van der Waals surface area (Å²) < 4.78 is 349. The minimum atomic E-state index is -6.13. The van der Waals surface area contributed by atoms with Crippen LogP contribution < -0.4 is 31.2 Å². The van der Waals surface area contributed by atoms with Gasteiger partial charge < -0.3 is 4.74 Å². The van der Waals surface area contributed by atoms with E-state index >= 15 is 0 Å². The summed E-state index contributed by atoms with van der Waals surface area (Å²) in [5.74, 6) is 0.781. The third kappa shape index (κ3) is 13.9. The Balaban J connectivity index is 0.000000370. The molecule has 3 nitrogen and oxygen atoms in total. The smallest absolute Gasteiger partial charge is 0.416 e. The van der Waals surface area contributed by atoms with E-state index < -0.39 is 195 Å². The van der Waals surface area contributed by atoms with E-state index in [4.69, 9.17) is 4.74 Å². The summed E-state index contributed by atoms with van der Waals surface area (Å²) in [6, 6.07) is 12.5. The number of aromatic nitrogens is 1. The number of nitrogens with zero attached hydrogens (tertiary/aromatic N) is 1. The van der Waals surface area contributed by atoms with E-state index in [2.05, 4.69) is 0 Å². The summed E-state index contributed by atoms with van der Waals surface area (Å²) in [7, 11) is 0. The van der Waals surface area contributed by atoms with Crippen molar-refractivity contribution >= 4 is 44.7 Å². The fourth-order valence-corrected chi connectivity index (χ4v) is 8.68. The van der Waals surface area contributed by atoms with Crippen molar-refractivity contribution < 1.29 is 119 Å². The van der Waals surface area contributed by atoms with Crippen LogP contribution in [0.1, 0.15) is 68.7 Å². The summed E-state index contributed by atoms with van der Waals surface area (Å²) >= 11 is 0. The number of carbonyl (C=O) groups is 1. The van der Waals surface area contributed by atoms with Gasteiger partial charge in [-0.2, -0.15) is 132 Å². The number of hydrogen-bond donors (Lipinski definition) is 0. The number of pyridine rings is 1. The first-order valence-corrected chi connectivity index (χ1v) is 22.4. The molecule has 0 unspecified atom stereocenters. The first-order chi connectivity index (χ1) is 36.4. The van der Waals surface area contributed by atoms with Gasteiger partial charge in [-0.25, -0.2) is 0 Å². The molecule has 0 fully saturated rings. The molecular formula is C52H32BF24NO2. The van der Waals surface area contributed by atoms with Gasteiger partial charge in [0.15, 0.2) is 0 Å². The van der Waals surface area contributed by atoms with Gasteiger partial charge in [-0.1, -0.05) is 91.0 Å². The van der Waals surface area contributed by atoms with Gasteiger partial charge >= 0.3 is 55.3 Å². The maximum Gasteiger partial charge on any atom is 0.416 e. The van der Waals surface area contributed by atoms with Gasteiger partial charge in [0.05, 0.1) is 56.7 Å². The molecule has 0 aliphatic rings. The number of halogens is 24. The van der Waals surface area contributed by atoms with Crippen LogP contribution in [0.3, 0.4) is 0 Å². The van der Waals surface area contributed by atoms with Crippen molar-refractivity contribution in [2.45, 2.75) is 75.9 Å². The van der Waals surface area contributed by atoms with E-state index in [-0.39, 0.29) is 18.4 Å². The van der Waals surface area contributed by atoms with Gasteiger partial charge in [0.2, 0.25) is 17.8 Å². The van der Waals surface area contributed by atoms with Crippen LogP contribution >= 0.6 is 0 Å². The summed E-state index contributed by atoms with van der Waals surface area (Å²) in [5, 5.41) is 1.09. The van der Waals surface area contributed by atoms with Gasteiger partial charge in [-0.15, -0.1) is 0 Å². The molecule has 1 aromatic heterocycles. The Morgan fingerprint density at radius 1 is 0.388 bits per heavy atom. The van der Waals surface area contributed by atoms with Crippen LogP contribution in [-0.2, 0) is 56.0 Å². The highest BCUT2D eigenvalue weighted by atomic mass is 19.4. The molecule has 7 aromatic rings. The van der Waals surface area contributed by atoms with Crippen molar-refractivity contribution in [3.8, 4) is 5.88 Å². The van der Waals surface area contributed by atoms with Crippen LogP contribution in [0.5, 0.6) is 5.88 Å². The van der Waals surface area contributed by atoms with Crippen molar-refractivity contribution in [1.82, 2.24) is 0 Å². The zero-order valence-electron chi connectivity index (χ0n) is 40.0. The molecule has 428 valence electrons. The number of hydrogen-bond acceptors (Lipinski definition) is 2. The highest BCUT2D eigenvalue weighted by Crippen LogP contribution is 2.41. The molecule has 0 radical (unpaired) electrons. The summed E-state index contributed by atoms with van der Waals surface area (Å²) in [6.45, 7) is 4.23. The Labute approximate surface area is 434 Å². The number of fused-ring (bicyclic) bond motifs is 1. The zero-order chi connectivity index (χ0) is 60.1. The second kappa shape index (κ2) is 21.6. The molecular weight excluding hydrogens is 1140 g/mol. The number of carbonyl (C=O) groups excluding carboxylic acids is 1. The van der Waals surface area contributed by atoms with E-state index in [1.165, 1.54) is 0 Å². The number of alkyl halides is 24. The normalized spacial score (nSPS) is 13.3. The first-order valence-electron chi connectivity index (χ1n) is 22.4. The van der Waals surface area contributed by atoms with Crippen LogP contribution in [0, 0.1) is 0 Å². The van der Waals surface area contributed by atoms with Gasteiger partial charge in [0, 0.05) is 17.0 Å². The first kappa shape index (κ1) is 61.8. The third-order valence-corrected chi connectivity index (χ3v) is 12.1. The number of para-hydroxylation sites is 1. The average molecular weight is 1170 g/mol. The molecule has 6 aromatic carbocycles. The topological polar surface area (TPSA) is 30.2 Å². The van der Waals surface area contributed by atoms with Gasteiger partial charge in [0.25, 0.3) is 0 Å². The van der Waals surface area contributed by atoms with Crippen LogP contribution in [-0.4, -0.2) is 18.0 Å². The quantitative estimate of drug-likeness (QED) is 0.0624. The fraction of sp³-hybridized carbons (Fsp3) is 0.231. The van der Waals surface area contributed by atoms with Gasteiger partial charge in [0.1, 0.15) is 6.15 Å². The summed E-state index contributed by atoms with van der Waals surface area (Å²) in [4.78, 5) is 12.6. The number of rotatable bonds is 9. The standard InChI is InChI=1S/C32H12BF24.C20H20NO2/c34-25(35,36)13-1-14(26(37,38)39)6-21(5-13)33(22-7-15(27(40,41)42)2-16(8-22)28(43,44)45,23-9-17(29(46,47)48)3-18(10-23)30(49,50)51)24-11-19(31(52,53)54)4-20(12-24)32(55,56)57;1-15(2)23-20-13-12-16-8-6-7-11-18(16)21(20)14-19(22)17-9-4-3-5-10-17/h1-12H;3-13,15H,14H2,1-2H3/q-1;+1. The number of Topliss-reactive ketones (excluding diaryl/α,β-unsaturated/α-hetero) is 1. The highest BCUT2D eigenvalue weighted by molar-refractivity contribution is 7.20. The molecule has 0 saturated heterocycles. The molecule has 1 heterocycles. The minimum absolute atomic E-state index is 0.0502. The van der Waals surface area contributed by atoms with Crippen molar-refractivity contribution in [3.05, 3.63) is 190 Å². The van der Waals surface area contributed by atoms with Crippen LogP contribution in [0.25, 0.3) is 10.9 Å². The number of ether oxygens (including phenoxy) is 1. The maximum absolute atomic E-state index is 14.2. The minimum Gasteiger partial charge on any atom is -0.442 e. The molecule has 28 heteroatoms. The van der Waals surface area contributed by atoms with Crippen LogP contribution in [0.2, 0.25) is 0 Å². The van der Waals surface area contributed by atoms with Crippen LogP contribution in [0.4, 0.5) is 105 Å². The molecule has 0 saturated carbocycles. The molecule has 0 N–H and O–H groups in total. The van der Waals surface area contributed by atoms with E-state index in [9.17, 15) is 110 Å². The second-order valence-corrected chi connectivity index (χ2v) is 18.0. The Morgan fingerprint density at radius 3 is 0.938 bits per heavy atom. The van der Waals surface area contributed by atoms with Crippen LogP contribution in [0.15, 0.2) is 140 Å². The fourth-order valence-electron chi connectivity index (χ4n) is 8.68. The molecule has 0 atom stereocenters. The lowest BCUT2D eigenvalue weighted by atomic mass is 9.12. The zero-order valence-corrected chi connectivity index (χ0v) is 40.0. The van der Waals surface area contributed by atoms with Gasteiger partial charge in [-0.3, -0.25) is 4.79 Å². The predicted octanol–water partition coefficient (Wildman–Crippen LogP) is 15.0. The average Bonchev–Trinajstić information content (AvgIpc) is 3.33. The molecule has 0 bridgehead atoms. The van der Waals surface area contributed by atoms with Crippen molar-refractivity contribution in [2.24, 2.45) is 0 Å². The number of benzene rings is 6. The van der Waals surface area contributed by atoms with E-state index in [1.807, 2.05) is 85.1 Å². The SMILES string of the molecule is CC(C)Oc1ccc2ccccc2[n+]1CC(=O)c1ccccc1.FC(F)(F)c1cc([B-](c2cc(C(F)(F)F)cc(C(F)(F)F)c2)(c2cc(C(F)(F)F)cc(C(F)(F)F)c2)c2cc(C(F)(F)F)cc(C(F)(F)F)c2)cc(C(F)(F)F)c1. The van der Waals surface area contributed by atoms with Crippen molar-refractivity contribution in [2.75, 3.05) is 0 Å². The summed E-state index contributed by atoms with van der Waals surface area (Å²) in [6.07, 6.45) is -54.8. The molecule has 80 heavy (non-hydrogen) atoms. The Morgan fingerprint density at radius 2 is 0.662 bits per heavy atom. The van der Waals surface area contributed by atoms with E-state index in [1.54, 1.807) is 0 Å². The largest absolute Gasteiger partial charge is 0.442 e. The van der Waals surface area contributed by atoms with E-state index in [0.29, 0.717) is 11.4 Å².